The van der Waals surface area contributed by atoms with Crippen LogP contribution < -0.4 is 5.73 Å². The van der Waals surface area contributed by atoms with Gasteiger partial charge in [-0.15, -0.1) is 0 Å². The summed E-state index contributed by atoms with van der Waals surface area (Å²) in [6, 6.07) is 0. The van der Waals surface area contributed by atoms with Crippen molar-refractivity contribution in [3.8, 4) is 0 Å². The van der Waals surface area contributed by atoms with Gasteiger partial charge in [-0.3, -0.25) is 4.68 Å². The molecule has 5 rings (SSSR count). The van der Waals surface area contributed by atoms with E-state index in [1.54, 1.807) is 0 Å². The lowest BCUT2D eigenvalue weighted by atomic mass is 9.44. The van der Waals surface area contributed by atoms with Crippen molar-refractivity contribution < 1.29 is 0 Å². The topological polar surface area (TPSA) is 43.8 Å². The molecule has 0 aromatic carbocycles. The van der Waals surface area contributed by atoms with E-state index in [0.717, 1.165) is 30.5 Å². The quantitative estimate of drug-likeness (QED) is 0.918. The Labute approximate surface area is 128 Å². The second-order valence-electron chi connectivity index (χ2n) is 8.64. The van der Waals surface area contributed by atoms with E-state index in [1.807, 2.05) is 11.7 Å². The summed E-state index contributed by atoms with van der Waals surface area (Å²) in [5, 5.41) is 4.94. The second-order valence-corrected chi connectivity index (χ2v) is 8.64. The highest BCUT2D eigenvalue weighted by atomic mass is 15.3. The molecular formula is C18H29N3. The maximum absolute atomic E-state index is 6.34. The van der Waals surface area contributed by atoms with Gasteiger partial charge in [0.1, 0.15) is 5.82 Å². The molecule has 4 fully saturated rings. The van der Waals surface area contributed by atoms with Gasteiger partial charge in [0, 0.05) is 18.0 Å². The summed E-state index contributed by atoms with van der Waals surface area (Å²) in [5.41, 5.74) is 10.0. The smallest absolute Gasteiger partial charge is 0.124 e. The Hall–Kier alpha value is -0.990. The molecule has 1 heterocycles. The Morgan fingerprint density at radius 3 is 2.48 bits per heavy atom. The number of hydrogen-bond acceptors (Lipinski definition) is 2. The molecule has 2 atom stereocenters. The number of nitrogen functional groups attached to an aromatic ring is 1. The summed E-state index contributed by atoms with van der Waals surface area (Å²) in [7, 11) is 2.01. The molecule has 2 unspecified atom stereocenters. The SMILES string of the molecule is CCCc1c(C23CC4CC(CC(C)(C4)C2)C3)nn(C)c1N. The molecule has 4 aliphatic rings. The molecule has 0 saturated heterocycles. The Kier molecular flexibility index (Phi) is 2.78. The van der Waals surface area contributed by atoms with E-state index >= 15 is 0 Å². The number of hydrogen-bond donors (Lipinski definition) is 1. The molecule has 3 nitrogen and oxygen atoms in total. The highest BCUT2D eigenvalue weighted by Crippen LogP contribution is 2.65. The summed E-state index contributed by atoms with van der Waals surface area (Å²) in [4.78, 5) is 0. The van der Waals surface area contributed by atoms with E-state index in [0.29, 0.717) is 10.8 Å². The molecule has 1 aromatic heterocycles. The van der Waals surface area contributed by atoms with Crippen LogP contribution in [0.1, 0.15) is 70.1 Å². The minimum Gasteiger partial charge on any atom is -0.384 e. The van der Waals surface area contributed by atoms with Crippen molar-refractivity contribution in [2.75, 3.05) is 5.73 Å². The van der Waals surface area contributed by atoms with Crippen molar-refractivity contribution in [2.24, 2.45) is 24.3 Å². The fraction of sp³-hybridized carbons (Fsp3) is 0.833. The van der Waals surface area contributed by atoms with Crippen molar-refractivity contribution in [1.29, 1.82) is 0 Å². The molecule has 21 heavy (non-hydrogen) atoms. The molecule has 4 aliphatic carbocycles. The first kappa shape index (κ1) is 13.7. The number of rotatable bonds is 3. The highest BCUT2D eigenvalue weighted by molar-refractivity contribution is 5.47. The molecule has 0 amide bonds. The normalized spacial score (nSPS) is 40.9. The predicted octanol–water partition coefficient (Wildman–Crippen LogP) is 3.81. The molecule has 4 bridgehead atoms. The lowest BCUT2D eigenvalue weighted by Crippen LogP contribution is -2.53. The van der Waals surface area contributed by atoms with Gasteiger partial charge in [0.15, 0.2) is 0 Å². The summed E-state index contributed by atoms with van der Waals surface area (Å²) in [6.45, 7) is 4.78. The largest absolute Gasteiger partial charge is 0.384 e. The van der Waals surface area contributed by atoms with Crippen LogP contribution in [0.3, 0.4) is 0 Å². The molecule has 2 N–H and O–H groups in total. The van der Waals surface area contributed by atoms with Gasteiger partial charge in [0.05, 0.1) is 5.69 Å². The second kappa shape index (κ2) is 4.27. The minimum atomic E-state index is 0.346. The number of nitrogens with two attached hydrogens (primary N) is 1. The molecule has 116 valence electrons. The molecule has 0 aliphatic heterocycles. The van der Waals surface area contributed by atoms with E-state index in [2.05, 4.69) is 13.8 Å². The fourth-order valence-corrected chi connectivity index (χ4v) is 6.50. The van der Waals surface area contributed by atoms with Gasteiger partial charge < -0.3 is 5.73 Å². The third-order valence-electron chi connectivity index (χ3n) is 6.55. The Morgan fingerprint density at radius 1 is 1.24 bits per heavy atom. The van der Waals surface area contributed by atoms with Crippen molar-refractivity contribution >= 4 is 5.82 Å². The van der Waals surface area contributed by atoms with Gasteiger partial charge in [-0.1, -0.05) is 20.3 Å². The summed E-state index contributed by atoms with van der Waals surface area (Å²) in [5.74, 6) is 2.79. The predicted molar refractivity (Wildman–Crippen MR) is 86.1 cm³/mol. The van der Waals surface area contributed by atoms with Crippen LogP contribution in [0, 0.1) is 17.3 Å². The van der Waals surface area contributed by atoms with Gasteiger partial charge >= 0.3 is 0 Å². The zero-order chi connectivity index (χ0) is 14.8. The maximum atomic E-state index is 6.34. The standard InChI is InChI=1S/C18H29N3/c1-4-5-14-15(20-21(3)16(14)19)18-9-12-6-13(10-18)8-17(2,7-12)11-18/h12-13H,4-11,19H2,1-3H3. The van der Waals surface area contributed by atoms with E-state index in [9.17, 15) is 0 Å². The summed E-state index contributed by atoms with van der Waals surface area (Å²) < 4.78 is 1.93. The Balaban J connectivity index is 1.81. The van der Waals surface area contributed by atoms with Gasteiger partial charge in [0.2, 0.25) is 0 Å². The lowest BCUT2D eigenvalue weighted by Gasteiger charge is -2.61. The first-order valence-corrected chi connectivity index (χ1v) is 8.76. The molecule has 3 heteroatoms. The summed E-state index contributed by atoms with van der Waals surface area (Å²) in [6.07, 6.45) is 10.7. The van der Waals surface area contributed by atoms with Crippen LogP contribution in [-0.4, -0.2) is 9.78 Å². The van der Waals surface area contributed by atoms with Crippen molar-refractivity contribution in [3.05, 3.63) is 11.3 Å². The summed E-state index contributed by atoms with van der Waals surface area (Å²) >= 11 is 0. The maximum Gasteiger partial charge on any atom is 0.124 e. The third-order valence-corrected chi connectivity index (χ3v) is 6.55. The van der Waals surface area contributed by atoms with E-state index < -0.39 is 0 Å². The van der Waals surface area contributed by atoms with Crippen LogP contribution >= 0.6 is 0 Å². The van der Waals surface area contributed by atoms with Crippen molar-refractivity contribution in [1.82, 2.24) is 9.78 Å². The zero-order valence-electron chi connectivity index (χ0n) is 13.8. The zero-order valence-corrected chi connectivity index (χ0v) is 13.8. The minimum absolute atomic E-state index is 0.346. The molecule has 4 saturated carbocycles. The first-order valence-electron chi connectivity index (χ1n) is 8.76. The van der Waals surface area contributed by atoms with Crippen LogP contribution in [0.4, 0.5) is 5.82 Å². The van der Waals surface area contributed by atoms with Gasteiger partial charge in [-0.25, -0.2) is 0 Å². The average Bonchev–Trinajstić information content (AvgIpc) is 2.65. The lowest BCUT2D eigenvalue weighted by molar-refractivity contribution is -0.0635. The number of aromatic nitrogens is 2. The van der Waals surface area contributed by atoms with Gasteiger partial charge in [-0.2, -0.15) is 5.10 Å². The van der Waals surface area contributed by atoms with Crippen LogP contribution in [-0.2, 0) is 18.9 Å². The Bertz CT molecular complexity index is 557. The van der Waals surface area contributed by atoms with Crippen molar-refractivity contribution in [2.45, 2.75) is 70.6 Å². The average molecular weight is 287 g/mol. The Morgan fingerprint density at radius 2 is 1.90 bits per heavy atom. The van der Waals surface area contributed by atoms with Crippen LogP contribution in [0.5, 0.6) is 0 Å². The number of anilines is 1. The molecular weight excluding hydrogens is 258 g/mol. The van der Waals surface area contributed by atoms with Crippen molar-refractivity contribution in [3.63, 3.8) is 0 Å². The van der Waals surface area contributed by atoms with Crippen LogP contribution in [0.25, 0.3) is 0 Å². The molecule has 1 aromatic rings. The van der Waals surface area contributed by atoms with E-state index in [4.69, 9.17) is 10.8 Å². The molecule has 0 spiro atoms. The fourth-order valence-electron chi connectivity index (χ4n) is 6.50. The monoisotopic (exact) mass is 287 g/mol. The van der Waals surface area contributed by atoms with Crippen LogP contribution in [0.2, 0.25) is 0 Å². The number of aryl methyl sites for hydroxylation is 1. The molecule has 0 radical (unpaired) electrons. The van der Waals surface area contributed by atoms with E-state index in [1.165, 1.54) is 49.8 Å². The first-order chi connectivity index (χ1) is 9.95. The third kappa shape index (κ3) is 1.89. The highest BCUT2D eigenvalue weighted by Gasteiger charge is 2.57. The van der Waals surface area contributed by atoms with E-state index in [-0.39, 0.29) is 0 Å². The van der Waals surface area contributed by atoms with Crippen LogP contribution in [0.15, 0.2) is 0 Å². The number of nitrogens with zero attached hydrogens (tertiary/aromatic N) is 2. The van der Waals surface area contributed by atoms with Gasteiger partial charge in [0.25, 0.3) is 0 Å². The van der Waals surface area contributed by atoms with Gasteiger partial charge in [-0.05, 0) is 62.2 Å².